The summed E-state index contributed by atoms with van der Waals surface area (Å²) in [6, 6.07) is 1.98. The number of carbonyl (C=O) groups excluding carboxylic acids is 1. The van der Waals surface area contributed by atoms with Gasteiger partial charge in [-0.2, -0.15) is 0 Å². The first kappa shape index (κ1) is 11.7. The largest absolute Gasteiger partial charge is 0.465 e. The molecule has 0 aromatic carbocycles. The summed E-state index contributed by atoms with van der Waals surface area (Å²) in [6.45, 7) is 2.21. The van der Waals surface area contributed by atoms with Gasteiger partial charge in [-0.3, -0.25) is 0 Å². The second-order valence-corrected chi connectivity index (χ2v) is 4.53. The lowest BCUT2D eigenvalue weighted by Gasteiger charge is -2.34. The molecular formula is C12H17N3O2. The molecule has 1 aromatic rings. The number of ether oxygens (including phenoxy) is 1. The topological polar surface area (TPSA) is 77.2 Å². The van der Waals surface area contributed by atoms with Gasteiger partial charge in [0.25, 0.3) is 0 Å². The minimum absolute atomic E-state index is 0.359. The van der Waals surface area contributed by atoms with Crippen LogP contribution in [0.5, 0.6) is 0 Å². The quantitative estimate of drug-likeness (QED) is 0.779. The number of nitrogens with zero attached hydrogens (tertiary/aromatic N) is 1. The second-order valence-electron chi connectivity index (χ2n) is 4.53. The lowest BCUT2D eigenvalue weighted by atomic mass is 9.82. The number of pyridine rings is 1. The van der Waals surface area contributed by atoms with Crippen molar-refractivity contribution in [2.24, 2.45) is 5.92 Å². The molecule has 3 N–H and O–H groups in total. The Balaban J connectivity index is 2.14. The van der Waals surface area contributed by atoms with Gasteiger partial charge in [-0.1, -0.05) is 6.92 Å². The highest BCUT2D eigenvalue weighted by Gasteiger charge is 2.26. The number of nitrogens with one attached hydrogen (secondary N) is 1. The molecule has 5 heteroatoms. The highest BCUT2D eigenvalue weighted by Crippen LogP contribution is 2.31. The summed E-state index contributed by atoms with van der Waals surface area (Å²) in [5.74, 6) is 0.886. The smallest absolute Gasteiger partial charge is 0.340 e. The fourth-order valence-corrected chi connectivity index (χ4v) is 2.09. The van der Waals surface area contributed by atoms with E-state index in [1.165, 1.54) is 7.11 Å². The standard InChI is InChI=1S/C12H17N3O2/c1-7-5-8(6-7)15-11-10(13)9(3-4-14-11)12(16)17-2/h3-4,7-8H,5-6,13H2,1-2H3,(H,14,15). The number of hydrogen-bond donors (Lipinski definition) is 2. The molecule has 1 heterocycles. The summed E-state index contributed by atoms with van der Waals surface area (Å²) in [6.07, 6.45) is 3.79. The van der Waals surface area contributed by atoms with Crippen LogP contribution in [0.1, 0.15) is 30.1 Å². The van der Waals surface area contributed by atoms with Crippen molar-refractivity contribution in [3.05, 3.63) is 17.8 Å². The maximum atomic E-state index is 11.5. The van der Waals surface area contributed by atoms with E-state index >= 15 is 0 Å². The number of hydrogen-bond acceptors (Lipinski definition) is 5. The number of anilines is 2. The van der Waals surface area contributed by atoms with Gasteiger partial charge in [0.2, 0.25) is 0 Å². The van der Waals surface area contributed by atoms with Crippen molar-refractivity contribution < 1.29 is 9.53 Å². The zero-order valence-electron chi connectivity index (χ0n) is 10.1. The molecular weight excluding hydrogens is 218 g/mol. The van der Waals surface area contributed by atoms with Gasteiger partial charge in [0.05, 0.1) is 18.4 Å². The van der Waals surface area contributed by atoms with E-state index in [4.69, 9.17) is 5.73 Å². The third-order valence-corrected chi connectivity index (χ3v) is 3.11. The molecule has 1 saturated carbocycles. The van der Waals surface area contributed by atoms with E-state index < -0.39 is 5.97 Å². The third kappa shape index (κ3) is 2.33. The molecule has 0 aliphatic heterocycles. The van der Waals surface area contributed by atoms with Crippen LogP contribution in [0.15, 0.2) is 12.3 Å². The molecule has 0 unspecified atom stereocenters. The molecule has 0 bridgehead atoms. The van der Waals surface area contributed by atoms with E-state index in [1.807, 2.05) is 0 Å². The van der Waals surface area contributed by atoms with Gasteiger partial charge in [0.15, 0.2) is 0 Å². The van der Waals surface area contributed by atoms with Gasteiger partial charge in [-0.15, -0.1) is 0 Å². The van der Waals surface area contributed by atoms with Crippen LogP contribution in [0.25, 0.3) is 0 Å². The SMILES string of the molecule is COC(=O)c1ccnc(NC2CC(C)C2)c1N. The van der Waals surface area contributed by atoms with E-state index in [0.29, 0.717) is 23.1 Å². The monoisotopic (exact) mass is 235 g/mol. The van der Waals surface area contributed by atoms with Crippen molar-refractivity contribution in [2.75, 3.05) is 18.2 Å². The minimum atomic E-state index is -0.435. The molecule has 5 nitrogen and oxygen atoms in total. The van der Waals surface area contributed by atoms with E-state index in [0.717, 1.165) is 18.8 Å². The second kappa shape index (κ2) is 4.61. The average molecular weight is 235 g/mol. The Morgan fingerprint density at radius 1 is 1.59 bits per heavy atom. The highest BCUT2D eigenvalue weighted by molar-refractivity contribution is 5.97. The molecule has 0 saturated heterocycles. The predicted molar refractivity (Wildman–Crippen MR) is 65.8 cm³/mol. The molecule has 0 spiro atoms. The Morgan fingerprint density at radius 3 is 2.88 bits per heavy atom. The van der Waals surface area contributed by atoms with E-state index in [-0.39, 0.29) is 0 Å². The van der Waals surface area contributed by atoms with Crippen molar-refractivity contribution >= 4 is 17.5 Å². The van der Waals surface area contributed by atoms with Crippen molar-refractivity contribution in [2.45, 2.75) is 25.8 Å². The van der Waals surface area contributed by atoms with Crippen molar-refractivity contribution in [1.82, 2.24) is 4.98 Å². The highest BCUT2D eigenvalue weighted by atomic mass is 16.5. The first-order chi connectivity index (χ1) is 8.11. The average Bonchev–Trinajstić information content (AvgIpc) is 2.28. The van der Waals surface area contributed by atoms with Gasteiger partial charge in [0.1, 0.15) is 5.82 Å². The molecule has 0 radical (unpaired) electrons. The Hall–Kier alpha value is -1.78. The van der Waals surface area contributed by atoms with Crippen LogP contribution in [0.2, 0.25) is 0 Å². The molecule has 92 valence electrons. The van der Waals surface area contributed by atoms with Crippen LogP contribution in [-0.2, 0) is 4.74 Å². The Kier molecular flexibility index (Phi) is 3.17. The number of esters is 1. The first-order valence-electron chi connectivity index (χ1n) is 5.71. The van der Waals surface area contributed by atoms with E-state index in [1.54, 1.807) is 12.3 Å². The third-order valence-electron chi connectivity index (χ3n) is 3.11. The Labute approximate surface area is 100 Å². The molecule has 1 aromatic heterocycles. The van der Waals surface area contributed by atoms with Gasteiger partial charge in [0, 0.05) is 12.2 Å². The maximum absolute atomic E-state index is 11.5. The molecule has 1 fully saturated rings. The summed E-state index contributed by atoms with van der Waals surface area (Å²) in [4.78, 5) is 15.6. The zero-order valence-corrected chi connectivity index (χ0v) is 10.1. The van der Waals surface area contributed by atoms with E-state index in [2.05, 4.69) is 22.0 Å². The fourth-order valence-electron chi connectivity index (χ4n) is 2.09. The van der Waals surface area contributed by atoms with Crippen LogP contribution in [0, 0.1) is 5.92 Å². The van der Waals surface area contributed by atoms with Crippen LogP contribution in [0.3, 0.4) is 0 Å². The molecule has 1 aliphatic rings. The van der Waals surface area contributed by atoms with Gasteiger partial charge in [-0.05, 0) is 24.8 Å². The number of nitrogens with two attached hydrogens (primary N) is 1. The predicted octanol–water partition coefficient (Wildman–Crippen LogP) is 1.66. The molecule has 17 heavy (non-hydrogen) atoms. The molecule has 2 rings (SSSR count). The summed E-state index contributed by atoms with van der Waals surface area (Å²) in [5.41, 5.74) is 6.61. The molecule has 0 amide bonds. The molecule has 1 aliphatic carbocycles. The lowest BCUT2D eigenvalue weighted by Crippen LogP contribution is -2.34. The number of aromatic nitrogens is 1. The Morgan fingerprint density at radius 2 is 2.29 bits per heavy atom. The Bertz CT molecular complexity index is 428. The van der Waals surface area contributed by atoms with Crippen molar-refractivity contribution in [3.63, 3.8) is 0 Å². The number of carbonyl (C=O) groups is 1. The van der Waals surface area contributed by atoms with Crippen LogP contribution in [-0.4, -0.2) is 24.1 Å². The summed E-state index contributed by atoms with van der Waals surface area (Å²) < 4.78 is 4.66. The number of rotatable bonds is 3. The van der Waals surface area contributed by atoms with E-state index in [9.17, 15) is 4.79 Å². The summed E-state index contributed by atoms with van der Waals surface area (Å²) >= 11 is 0. The first-order valence-corrected chi connectivity index (χ1v) is 5.71. The maximum Gasteiger partial charge on any atom is 0.340 e. The van der Waals surface area contributed by atoms with Crippen LogP contribution in [0.4, 0.5) is 11.5 Å². The van der Waals surface area contributed by atoms with Gasteiger partial charge >= 0.3 is 5.97 Å². The fraction of sp³-hybridized carbons (Fsp3) is 0.500. The normalized spacial score (nSPS) is 22.7. The van der Waals surface area contributed by atoms with Crippen molar-refractivity contribution in [1.29, 1.82) is 0 Å². The van der Waals surface area contributed by atoms with Gasteiger partial charge < -0.3 is 15.8 Å². The van der Waals surface area contributed by atoms with Crippen LogP contribution < -0.4 is 11.1 Å². The number of nitrogen functional groups attached to an aromatic ring is 1. The van der Waals surface area contributed by atoms with Crippen molar-refractivity contribution in [3.8, 4) is 0 Å². The number of methoxy groups -OCH3 is 1. The molecule has 0 atom stereocenters. The summed E-state index contributed by atoms with van der Waals surface area (Å²) in [5, 5.41) is 3.25. The van der Waals surface area contributed by atoms with Crippen LogP contribution >= 0.6 is 0 Å². The zero-order chi connectivity index (χ0) is 12.4. The minimum Gasteiger partial charge on any atom is -0.465 e. The lowest BCUT2D eigenvalue weighted by molar-refractivity contribution is 0.0602. The summed E-state index contributed by atoms with van der Waals surface area (Å²) in [7, 11) is 1.34. The van der Waals surface area contributed by atoms with Gasteiger partial charge in [-0.25, -0.2) is 9.78 Å².